The Bertz CT molecular complexity index is 627. The molecule has 6 heteroatoms. The second-order valence-corrected chi connectivity index (χ2v) is 6.00. The molecule has 0 unspecified atom stereocenters. The molecule has 0 aliphatic carbocycles. The normalized spacial score (nSPS) is 11.3. The number of nitrogens with one attached hydrogen (secondary N) is 1. The number of amidine groups is 1. The van der Waals surface area contributed by atoms with E-state index in [2.05, 4.69) is 22.4 Å². The van der Waals surface area contributed by atoms with Crippen LogP contribution in [0.25, 0.3) is 0 Å². The smallest absolute Gasteiger partial charge is 0.291 e. The summed E-state index contributed by atoms with van der Waals surface area (Å²) in [5, 5.41) is 4.58. The maximum Gasteiger partial charge on any atom is 0.291 e. The van der Waals surface area contributed by atoms with Crippen molar-refractivity contribution < 1.29 is 14.3 Å². The van der Waals surface area contributed by atoms with Crippen LogP contribution in [0.1, 0.15) is 21.7 Å². The van der Waals surface area contributed by atoms with Gasteiger partial charge in [0.2, 0.25) is 0 Å². The first-order valence-corrected chi connectivity index (χ1v) is 8.72. The molecule has 0 aliphatic rings. The van der Waals surface area contributed by atoms with Crippen LogP contribution in [0.4, 0.5) is 0 Å². The SMILES string of the molecule is COCCOC(=NCCCc1ccccc1)NC(=O)c1cccs1. The second-order valence-electron chi connectivity index (χ2n) is 5.05. The zero-order valence-electron chi connectivity index (χ0n) is 13.7. The number of hydrogen-bond donors (Lipinski definition) is 1. The van der Waals surface area contributed by atoms with Gasteiger partial charge in [-0.25, -0.2) is 4.99 Å². The van der Waals surface area contributed by atoms with Gasteiger partial charge < -0.3 is 9.47 Å². The summed E-state index contributed by atoms with van der Waals surface area (Å²) in [6.45, 7) is 1.37. The number of carbonyl (C=O) groups excluding carboxylic acids is 1. The van der Waals surface area contributed by atoms with Crippen molar-refractivity contribution in [1.82, 2.24) is 5.32 Å². The fourth-order valence-corrected chi connectivity index (χ4v) is 2.64. The van der Waals surface area contributed by atoms with E-state index in [1.807, 2.05) is 29.6 Å². The van der Waals surface area contributed by atoms with Gasteiger partial charge in [-0.15, -0.1) is 11.3 Å². The number of thiophene rings is 1. The number of carbonyl (C=O) groups is 1. The van der Waals surface area contributed by atoms with Crippen LogP contribution in [0, 0.1) is 0 Å². The summed E-state index contributed by atoms with van der Waals surface area (Å²) in [7, 11) is 1.60. The number of aryl methyl sites for hydroxylation is 1. The summed E-state index contributed by atoms with van der Waals surface area (Å²) < 4.78 is 10.5. The number of rotatable bonds is 8. The van der Waals surface area contributed by atoms with Crippen LogP contribution in [0.15, 0.2) is 52.8 Å². The second kappa shape index (κ2) is 10.6. The average Bonchev–Trinajstić information content (AvgIpc) is 3.14. The summed E-state index contributed by atoms with van der Waals surface area (Å²) in [4.78, 5) is 17.1. The molecule has 0 fully saturated rings. The lowest BCUT2D eigenvalue weighted by Crippen LogP contribution is -2.33. The van der Waals surface area contributed by atoms with Gasteiger partial charge in [0.05, 0.1) is 11.5 Å². The van der Waals surface area contributed by atoms with E-state index in [1.54, 1.807) is 13.2 Å². The lowest BCUT2D eigenvalue weighted by molar-refractivity contribution is 0.0958. The highest BCUT2D eigenvalue weighted by molar-refractivity contribution is 7.12. The topological polar surface area (TPSA) is 59.9 Å². The van der Waals surface area contributed by atoms with Crippen LogP contribution in [0.5, 0.6) is 0 Å². The van der Waals surface area contributed by atoms with Crippen LogP contribution in [-0.2, 0) is 15.9 Å². The van der Waals surface area contributed by atoms with Gasteiger partial charge in [0, 0.05) is 13.7 Å². The van der Waals surface area contributed by atoms with Crippen LogP contribution in [0.2, 0.25) is 0 Å². The van der Waals surface area contributed by atoms with Gasteiger partial charge in [-0.3, -0.25) is 10.1 Å². The third-order valence-corrected chi connectivity index (χ3v) is 4.08. The van der Waals surface area contributed by atoms with E-state index in [9.17, 15) is 4.79 Å². The zero-order valence-corrected chi connectivity index (χ0v) is 14.6. The van der Waals surface area contributed by atoms with Crippen molar-refractivity contribution in [3.63, 3.8) is 0 Å². The first kappa shape index (κ1) is 18.2. The Morgan fingerprint density at radius 1 is 1.17 bits per heavy atom. The Kier molecular flexibility index (Phi) is 8.00. The van der Waals surface area contributed by atoms with Gasteiger partial charge in [0.1, 0.15) is 6.61 Å². The lowest BCUT2D eigenvalue weighted by Gasteiger charge is -2.10. The largest absolute Gasteiger partial charge is 0.463 e. The van der Waals surface area contributed by atoms with Gasteiger partial charge in [0.25, 0.3) is 11.9 Å². The van der Waals surface area contributed by atoms with E-state index in [0.717, 1.165) is 12.8 Å². The lowest BCUT2D eigenvalue weighted by atomic mass is 10.1. The fourth-order valence-electron chi connectivity index (χ4n) is 2.02. The highest BCUT2D eigenvalue weighted by Crippen LogP contribution is 2.08. The number of nitrogens with zero attached hydrogens (tertiary/aromatic N) is 1. The van der Waals surface area contributed by atoms with E-state index in [0.29, 0.717) is 24.6 Å². The number of benzene rings is 1. The molecule has 1 aromatic carbocycles. The summed E-state index contributed by atoms with van der Waals surface area (Å²) in [5.74, 6) is -0.204. The molecule has 0 aliphatic heterocycles. The van der Waals surface area contributed by atoms with Gasteiger partial charge >= 0.3 is 0 Å². The van der Waals surface area contributed by atoms with Gasteiger partial charge in [-0.2, -0.15) is 0 Å². The van der Waals surface area contributed by atoms with E-state index >= 15 is 0 Å². The van der Waals surface area contributed by atoms with Crippen LogP contribution >= 0.6 is 11.3 Å². The Hall–Kier alpha value is -2.18. The highest BCUT2D eigenvalue weighted by Gasteiger charge is 2.10. The number of methoxy groups -OCH3 is 1. The minimum absolute atomic E-state index is 0.204. The molecule has 0 spiro atoms. The number of amides is 1. The quantitative estimate of drug-likeness (QED) is 0.454. The highest BCUT2D eigenvalue weighted by atomic mass is 32.1. The minimum atomic E-state index is -0.204. The van der Waals surface area contributed by atoms with Crippen LogP contribution < -0.4 is 5.32 Å². The van der Waals surface area contributed by atoms with E-state index in [1.165, 1.54) is 16.9 Å². The maximum atomic E-state index is 12.1. The molecule has 5 nitrogen and oxygen atoms in total. The van der Waals surface area contributed by atoms with E-state index < -0.39 is 0 Å². The molecule has 2 rings (SSSR count). The van der Waals surface area contributed by atoms with Gasteiger partial charge in [-0.1, -0.05) is 36.4 Å². The molecule has 0 saturated carbocycles. The number of ether oxygens (including phenoxy) is 2. The molecule has 24 heavy (non-hydrogen) atoms. The first-order valence-electron chi connectivity index (χ1n) is 7.84. The summed E-state index contributed by atoms with van der Waals surface area (Å²) in [6.07, 6.45) is 1.82. The van der Waals surface area contributed by atoms with Crippen LogP contribution in [-0.4, -0.2) is 38.8 Å². The van der Waals surface area contributed by atoms with Gasteiger partial charge in [-0.05, 0) is 29.9 Å². The molecular weight excluding hydrogens is 324 g/mol. The van der Waals surface area contributed by atoms with Crippen molar-refractivity contribution in [2.45, 2.75) is 12.8 Å². The van der Waals surface area contributed by atoms with Crippen molar-refractivity contribution in [3.8, 4) is 0 Å². The predicted octanol–water partition coefficient (Wildman–Crippen LogP) is 3.13. The number of aliphatic imine (C=N–C) groups is 1. The maximum absolute atomic E-state index is 12.1. The van der Waals surface area contributed by atoms with Crippen molar-refractivity contribution in [1.29, 1.82) is 0 Å². The Balaban J connectivity index is 1.85. The minimum Gasteiger partial charge on any atom is -0.463 e. The average molecular weight is 346 g/mol. The first-order chi connectivity index (χ1) is 11.8. The van der Waals surface area contributed by atoms with Crippen molar-refractivity contribution in [2.75, 3.05) is 26.9 Å². The molecule has 1 heterocycles. The molecule has 0 bridgehead atoms. The summed E-state index contributed by atoms with van der Waals surface area (Å²) in [6, 6.07) is 14.1. The van der Waals surface area contributed by atoms with E-state index in [-0.39, 0.29) is 11.9 Å². The molecule has 1 amide bonds. The summed E-state index contributed by atoms with van der Waals surface area (Å²) >= 11 is 1.38. The predicted molar refractivity (Wildman–Crippen MR) is 96.7 cm³/mol. The molecular formula is C18H22N2O3S. The Morgan fingerprint density at radius 2 is 2.00 bits per heavy atom. The standard InChI is InChI=1S/C18H22N2O3S/c1-22-12-13-23-18(20-17(21)16-10-6-14-24-16)19-11-5-9-15-7-3-2-4-8-15/h2-4,6-8,10,14H,5,9,11-13H2,1H3,(H,19,20,21). The monoisotopic (exact) mass is 346 g/mol. The summed E-state index contributed by atoms with van der Waals surface area (Å²) in [5.41, 5.74) is 1.28. The van der Waals surface area contributed by atoms with E-state index in [4.69, 9.17) is 9.47 Å². The zero-order chi connectivity index (χ0) is 17.0. The molecule has 0 radical (unpaired) electrons. The van der Waals surface area contributed by atoms with Crippen molar-refractivity contribution in [3.05, 3.63) is 58.3 Å². The number of hydrogen-bond acceptors (Lipinski definition) is 5. The van der Waals surface area contributed by atoms with Crippen molar-refractivity contribution >= 4 is 23.3 Å². The van der Waals surface area contributed by atoms with Gasteiger partial charge in [0.15, 0.2) is 0 Å². The molecule has 128 valence electrons. The molecule has 1 N–H and O–H groups in total. The third-order valence-electron chi connectivity index (χ3n) is 3.21. The molecule has 2 aromatic rings. The fraction of sp³-hybridized carbons (Fsp3) is 0.333. The molecule has 1 aromatic heterocycles. The van der Waals surface area contributed by atoms with Crippen molar-refractivity contribution in [2.24, 2.45) is 4.99 Å². The molecule has 0 atom stereocenters. The molecule has 0 saturated heterocycles. The Labute approximate surface area is 146 Å². The third kappa shape index (κ3) is 6.52. The van der Waals surface area contributed by atoms with Crippen LogP contribution in [0.3, 0.4) is 0 Å². The Morgan fingerprint density at radius 3 is 2.71 bits per heavy atom.